The van der Waals surface area contributed by atoms with Crippen LogP contribution in [0.4, 0.5) is 0 Å². The molecule has 0 fully saturated rings. The number of aliphatic hydroxyl groups is 1. The second kappa shape index (κ2) is 3.82. The second-order valence-electron chi connectivity index (χ2n) is 3.50. The van der Waals surface area contributed by atoms with Crippen molar-refractivity contribution in [1.82, 2.24) is 14.5 Å². The monoisotopic (exact) mass is 203 g/mol. The summed E-state index contributed by atoms with van der Waals surface area (Å²) in [6.07, 6.45) is 3.49. The van der Waals surface area contributed by atoms with Crippen molar-refractivity contribution in [2.24, 2.45) is 0 Å². The Morgan fingerprint density at radius 3 is 2.60 bits per heavy atom. The van der Waals surface area contributed by atoms with Gasteiger partial charge in [-0.2, -0.15) is 0 Å². The number of pyridine rings is 1. The van der Waals surface area contributed by atoms with Crippen LogP contribution in [0, 0.1) is 13.8 Å². The Balaban J connectivity index is 2.45. The van der Waals surface area contributed by atoms with E-state index in [0.717, 1.165) is 17.1 Å². The molecule has 1 N–H and O–H groups in total. The smallest absolute Gasteiger partial charge is 0.138 e. The van der Waals surface area contributed by atoms with Crippen molar-refractivity contribution < 1.29 is 5.11 Å². The van der Waals surface area contributed by atoms with Gasteiger partial charge in [0.05, 0.1) is 12.3 Å². The third kappa shape index (κ3) is 1.76. The minimum atomic E-state index is -0.0370. The van der Waals surface area contributed by atoms with E-state index in [-0.39, 0.29) is 6.61 Å². The van der Waals surface area contributed by atoms with Crippen LogP contribution in [0.15, 0.2) is 24.7 Å². The molecule has 0 aliphatic heterocycles. The largest absolute Gasteiger partial charge is 0.390 e. The number of imidazole rings is 1. The number of aliphatic hydroxyl groups excluding tert-OH is 1. The predicted molar refractivity (Wildman–Crippen MR) is 56.8 cm³/mol. The third-order valence-corrected chi connectivity index (χ3v) is 2.40. The highest BCUT2D eigenvalue weighted by Crippen LogP contribution is 2.12. The molecule has 2 aromatic heterocycles. The lowest BCUT2D eigenvalue weighted by molar-refractivity contribution is 0.276. The van der Waals surface area contributed by atoms with Gasteiger partial charge in [-0.15, -0.1) is 0 Å². The van der Waals surface area contributed by atoms with Crippen LogP contribution in [0.3, 0.4) is 0 Å². The summed E-state index contributed by atoms with van der Waals surface area (Å²) < 4.78 is 1.87. The first kappa shape index (κ1) is 9.86. The molecule has 0 bridgehead atoms. The van der Waals surface area contributed by atoms with E-state index < -0.39 is 0 Å². The minimum Gasteiger partial charge on any atom is -0.390 e. The van der Waals surface area contributed by atoms with E-state index >= 15 is 0 Å². The number of nitrogens with zero attached hydrogens (tertiary/aromatic N) is 3. The lowest BCUT2D eigenvalue weighted by Crippen LogP contribution is -1.99. The van der Waals surface area contributed by atoms with Crippen molar-refractivity contribution in [3.05, 3.63) is 41.6 Å². The first-order valence-corrected chi connectivity index (χ1v) is 4.79. The van der Waals surface area contributed by atoms with Gasteiger partial charge in [0.15, 0.2) is 0 Å². The topological polar surface area (TPSA) is 50.9 Å². The van der Waals surface area contributed by atoms with E-state index in [1.165, 1.54) is 0 Å². The Hall–Kier alpha value is -1.68. The molecule has 0 aromatic carbocycles. The Morgan fingerprint density at radius 2 is 2.07 bits per heavy atom. The van der Waals surface area contributed by atoms with Gasteiger partial charge in [-0.1, -0.05) is 6.07 Å². The Morgan fingerprint density at radius 1 is 1.27 bits per heavy atom. The van der Waals surface area contributed by atoms with Crippen LogP contribution >= 0.6 is 0 Å². The molecule has 15 heavy (non-hydrogen) atoms. The second-order valence-corrected chi connectivity index (χ2v) is 3.50. The van der Waals surface area contributed by atoms with Crippen molar-refractivity contribution in [3.8, 4) is 5.82 Å². The summed E-state index contributed by atoms with van der Waals surface area (Å²) in [5, 5.41) is 9.03. The minimum absolute atomic E-state index is 0.0370. The molecule has 0 radical (unpaired) electrons. The Bertz CT molecular complexity index is 459. The highest BCUT2D eigenvalue weighted by atomic mass is 16.3. The highest BCUT2D eigenvalue weighted by molar-refractivity contribution is 5.29. The molecule has 2 heterocycles. The maximum atomic E-state index is 9.03. The van der Waals surface area contributed by atoms with Gasteiger partial charge in [0.1, 0.15) is 12.1 Å². The van der Waals surface area contributed by atoms with Crippen molar-refractivity contribution in [1.29, 1.82) is 0 Å². The van der Waals surface area contributed by atoms with Crippen LogP contribution in [0.5, 0.6) is 0 Å². The highest BCUT2D eigenvalue weighted by Gasteiger charge is 2.07. The molecule has 78 valence electrons. The molecule has 0 amide bonds. The fraction of sp³-hybridized carbons (Fsp3) is 0.273. The van der Waals surface area contributed by atoms with Crippen molar-refractivity contribution in [3.63, 3.8) is 0 Å². The zero-order chi connectivity index (χ0) is 10.8. The van der Waals surface area contributed by atoms with Crippen LogP contribution in [-0.2, 0) is 6.61 Å². The summed E-state index contributed by atoms with van der Waals surface area (Å²) >= 11 is 0. The van der Waals surface area contributed by atoms with Crippen molar-refractivity contribution in [2.45, 2.75) is 20.5 Å². The number of hydrogen-bond donors (Lipinski definition) is 1. The van der Waals surface area contributed by atoms with Gasteiger partial charge in [-0.25, -0.2) is 9.97 Å². The van der Waals surface area contributed by atoms with Gasteiger partial charge in [-0.05, 0) is 25.5 Å². The summed E-state index contributed by atoms with van der Waals surface area (Å²) in [5.74, 6) is 0.824. The van der Waals surface area contributed by atoms with E-state index in [4.69, 9.17) is 5.11 Å². The predicted octanol–water partition coefficient (Wildman–Crippen LogP) is 1.38. The summed E-state index contributed by atoms with van der Waals surface area (Å²) in [6.45, 7) is 3.88. The van der Waals surface area contributed by atoms with Gasteiger partial charge in [0.2, 0.25) is 0 Å². The number of aromatic nitrogens is 3. The average Bonchev–Trinajstić information content (AvgIpc) is 2.61. The Labute approximate surface area is 88.2 Å². The number of rotatable bonds is 2. The SMILES string of the molecule is Cc1ccc(-n2cnc(CO)c2C)nc1. The molecule has 0 saturated carbocycles. The maximum absolute atomic E-state index is 9.03. The van der Waals surface area contributed by atoms with Gasteiger partial charge in [0, 0.05) is 11.9 Å². The third-order valence-electron chi connectivity index (χ3n) is 2.40. The molecule has 2 rings (SSSR count). The molecule has 0 unspecified atom stereocenters. The molecule has 4 nitrogen and oxygen atoms in total. The fourth-order valence-electron chi connectivity index (χ4n) is 1.44. The van der Waals surface area contributed by atoms with E-state index in [2.05, 4.69) is 9.97 Å². The molecular formula is C11H13N3O. The van der Waals surface area contributed by atoms with Crippen LogP contribution < -0.4 is 0 Å². The normalized spacial score (nSPS) is 10.6. The molecule has 0 aliphatic carbocycles. The molecule has 4 heteroatoms. The van der Waals surface area contributed by atoms with Crippen LogP contribution in [0.1, 0.15) is 17.0 Å². The van der Waals surface area contributed by atoms with E-state index in [0.29, 0.717) is 5.69 Å². The van der Waals surface area contributed by atoms with Crippen molar-refractivity contribution >= 4 is 0 Å². The average molecular weight is 203 g/mol. The molecule has 0 aliphatic rings. The lowest BCUT2D eigenvalue weighted by atomic mass is 10.3. The van der Waals surface area contributed by atoms with Gasteiger partial charge < -0.3 is 5.11 Å². The van der Waals surface area contributed by atoms with E-state index in [1.54, 1.807) is 6.33 Å². The lowest BCUT2D eigenvalue weighted by Gasteiger charge is -2.04. The standard InChI is InChI=1S/C11H13N3O/c1-8-3-4-11(12-5-8)14-7-13-10(6-15)9(14)2/h3-5,7,15H,6H2,1-2H3. The van der Waals surface area contributed by atoms with Gasteiger partial charge in [-0.3, -0.25) is 4.57 Å². The van der Waals surface area contributed by atoms with Crippen LogP contribution in [0.2, 0.25) is 0 Å². The van der Waals surface area contributed by atoms with Gasteiger partial charge in [0.25, 0.3) is 0 Å². The summed E-state index contributed by atoms with van der Waals surface area (Å²) in [7, 11) is 0. The fourth-order valence-corrected chi connectivity index (χ4v) is 1.44. The van der Waals surface area contributed by atoms with Crippen molar-refractivity contribution in [2.75, 3.05) is 0 Å². The summed E-state index contributed by atoms with van der Waals surface area (Å²) in [5.41, 5.74) is 2.74. The summed E-state index contributed by atoms with van der Waals surface area (Å²) in [4.78, 5) is 8.40. The van der Waals surface area contributed by atoms with E-state index in [1.807, 2.05) is 36.7 Å². The maximum Gasteiger partial charge on any atom is 0.138 e. The molecule has 0 saturated heterocycles. The zero-order valence-corrected chi connectivity index (χ0v) is 8.81. The van der Waals surface area contributed by atoms with Gasteiger partial charge >= 0.3 is 0 Å². The van der Waals surface area contributed by atoms with E-state index in [9.17, 15) is 0 Å². The molecule has 2 aromatic rings. The number of aryl methyl sites for hydroxylation is 1. The quantitative estimate of drug-likeness (QED) is 0.802. The Kier molecular flexibility index (Phi) is 2.51. The molecule has 0 spiro atoms. The first-order chi connectivity index (χ1) is 7.22. The van der Waals surface area contributed by atoms with Crippen LogP contribution in [0.25, 0.3) is 5.82 Å². The van der Waals surface area contributed by atoms with Crippen LogP contribution in [-0.4, -0.2) is 19.6 Å². The summed E-state index contributed by atoms with van der Waals surface area (Å²) in [6, 6.07) is 3.94. The number of hydrogen-bond acceptors (Lipinski definition) is 3. The molecule has 0 atom stereocenters. The zero-order valence-electron chi connectivity index (χ0n) is 8.81. The molecular weight excluding hydrogens is 190 g/mol. The first-order valence-electron chi connectivity index (χ1n) is 4.79.